The maximum atomic E-state index is 6.10. The summed E-state index contributed by atoms with van der Waals surface area (Å²) in [5, 5.41) is 4.52. The smallest absolute Gasteiger partial charge is 0.141 e. The Morgan fingerprint density at radius 3 is 2.18 bits per heavy atom. The zero-order chi connectivity index (χ0) is 25.5. The van der Waals surface area contributed by atoms with Gasteiger partial charge in [-0.1, -0.05) is 72.8 Å². The molecule has 2 unspecified atom stereocenters. The summed E-state index contributed by atoms with van der Waals surface area (Å²) in [5.74, 6) is 2.27. The average molecular weight is 498 g/mol. The molecule has 1 aliphatic carbocycles. The van der Waals surface area contributed by atoms with Crippen molar-refractivity contribution in [1.82, 2.24) is 14.9 Å². The van der Waals surface area contributed by atoms with Crippen molar-refractivity contribution in [3.05, 3.63) is 120 Å². The van der Waals surface area contributed by atoms with Crippen molar-refractivity contribution >= 4 is 22.4 Å². The van der Waals surface area contributed by atoms with Crippen LogP contribution in [0.25, 0.3) is 22.0 Å². The van der Waals surface area contributed by atoms with Crippen LogP contribution in [0.3, 0.4) is 0 Å². The third-order valence-electron chi connectivity index (χ3n) is 8.13. The van der Waals surface area contributed by atoms with Gasteiger partial charge in [0.1, 0.15) is 12.1 Å². The van der Waals surface area contributed by atoms with Gasteiger partial charge < -0.3 is 11.1 Å². The molecular weight excluding hydrogens is 466 g/mol. The summed E-state index contributed by atoms with van der Waals surface area (Å²) in [6.07, 6.45) is 2.55. The number of anilines is 2. The molecule has 188 valence electrons. The van der Waals surface area contributed by atoms with Crippen LogP contribution < -0.4 is 11.1 Å². The first-order chi connectivity index (χ1) is 18.7. The van der Waals surface area contributed by atoms with Gasteiger partial charge >= 0.3 is 0 Å². The molecule has 5 nitrogen and oxygen atoms in total. The Balaban J connectivity index is 1.07. The Kier molecular flexibility index (Phi) is 5.88. The van der Waals surface area contributed by atoms with Gasteiger partial charge in [-0.3, -0.25) is 4.90 Å². The van der Waals surface area contributed by atoms with Gasteiger partial charge in [0.05, 0.1) is 5.52 Å². The SMILES string of the molecule is NC1C2CN(Cc3ccc(-c4ccc5ncnc(Nc6ccc(Cc7ccccc7)cc6)c5c4)cc3)CC12. The summed E-state index contributed by atoms with van der Waals surface area (Å²) >= 11 is 0. The van der Waals surface area contributed by atoms with E-state index in [2.05, 4.69) is 117 Å². The topological polar surface area (TPSA) is 67.1 Å². The number of fused-ring (bicyclic) bond motifs is 2. The maximum Gasteiger partial charge on any atom is 0.141 e. The normalized spacial score (nSPS) is 20.4. The van der Waals surface area contributed by atoms with Crippen LogP contribution in [0, 0.1) is 11.8 Å². The monoisotopic (exact) mass is 497 g/mol. The molecule has 2 heterocycles. The Morgan fingerprint density at radius 2 is 1.42 bits per heavy atom. The highest BCUT2D eigenvalue weighted by Crippen LogP contribution is 2.44. The van der Waals surface area contributed by atoms with Gasteiger partial charge in [-0.25, -0.2) is 9.97 Å². The number of rotatable bonds is 7. The molecule has 1 saturated carbocycles. The number of piperidine rings is 1. The molecule has 1 aromatic heterocycles. The summed E-state index contributed by atoms with van der Waals surface area (Å²) in [6, 6.07) is 34.9. The lowest BCUT2D eigenvalue weighted by molar-refractivity contribution is 0.290. The van der Waals surface area contributed by atoms with Crippen LogP contribution in [0.1, 0.15) is 16.7 Å². The summed E-state index contributed by atoms with van der Waals surface area (Å²) in [4.78, 5) is 11.6. The molecule has 1 saturated heterocycles. The Bertz CT molecular complexity index is 1550. The van der Waals surface area contributed by atoms with E-state index in [1.54, 1.807) is 6.33 Å². The fourth-order valence-corrected chi connectivity index (χ4v) is 5.86. The number of benzene rings is 4. The molecule has 2 aliphatic rings. The second kappa shape index (κ2) is 9.67. The molecule has 4 aromatic carbocycles. The van der Waals surface area contributed by atoms with Crippen LogP contribution in [-0.2, 0) is 13.0 Å². The zero-order valence-corrected chi connectivity index (χ0v) is 21.3. The molecule has 2 atom stereocenters. The van der Waals surface area contributed by atoms with Crippen molar-refractivity contribution < 1.29 is 0 Å². The molecule has 38 heavy (non-hydrogen) atoms. The maximum absolute atomic E-state index is 6.10. The van der Waals surface area contributed by atoms with E-state index < -0.39 is 0 Å². The molecule has 5 aromatic rings. The lowest BCUT2D eigenvalue weighted by Gasteiger charge is -2.18. The Morgan fingerprint density at radius 1 is 0.737 bits per heavy atom. The lowest BCUT2D eigenvalue weighted by Crippen LogP contribution is -2.27. The summed E-state index contributed by atoms with van der Waals surface area (Å²) in [7, 11) is 0. The van der Waals surface area contributed by atoms with Gasteiger partial charge in [-0.2, -0.15) is 0 Å². The minimum Gasteiger partial charge on any atom is -0.340 e. The molecule has 2 fully saturated rings. The number of aromatic nitrogens is 2. The van der Waals surface area contributed by atoms with E-state index >= 15 is 0 Å². The molecule has 5 heteroatoms. The fourth-order valence-electron chi connectivity index (χ4n) is 5.86. The minimum absolute atomic E-state index is 0.448. The number of nitrogens with zero attached hydrogens (tertiary/aromatic N) is 3. The highest BCUT2D eigenvalue weighted by atomic mass is 15.2. The number of nitrogens with one attached hydrogen (secondary N) is 1. The largest absolute Gasteiger partial charge is 0.340 e. The van der Waals surface area contributed by atoms with Gasteiger partial charge in [0.2, 0.25) is 0 Å². The summed E-state index contributed by atoms with van der Waals surface area (Å²) in [5.41, 5.74) is 14.3. The van der Waals surface area contributed by atoms with Gasteiger partial charge in [-0.15, -0.1) is 0 Å². The second-order valence-electron chi connectivity index (χ2n) is 10.7. The highest BCUT2D eigenvalue weighted by molar-refractivity contribution is 5.93. The van der Waals surface area contributed by atoms with Crippen molar-refractivity contribution in [3.8, 4) is 11.1 Å². The quantitative estimate of drug-likeness (QED) is 0.288. The molecule has 7 rings (SSSR count). The third-order valence-corrected chi connectivity index (χ3v) is 8.13. The number of nitrogens with two attached hydrogens (primary N) is 1. The molecule has 0 radical (unpaired) electrons. The standard InChI is InChI=1S/C33H31N5/c34-32-29-19-38(20-30(29)32)18-24-6-10-25(11-7-24)26-12-15-31-28(17-26)33(36-21-35-31)37-27-13-8-23(9-14-27)16-22-4-2-1-3-5-22/h1-15,17,21,29-30,32H,16,18-20,34H2,(H,35,36,37). The van der Waals surface area contributed by atoms with Crippen LogP contribution in [0.5, 0.6) is 0 Å². The van der Waals surface area contributed by atoms with Crippen LogP contribution >= 0.6 is 0 Å². The average Bonchev–Trinajstić information content (AvgIpc) is 3.34. The second-order valence-corrected chi connectivity index (χ2v) is 10.7. The van der Waals surface area contributed by atoms with E-state index in [0.717, 1.165) is 65.9 Å². The molecule has 3 N–H and O–H groups in total. The number of likely N-dealkylation sites (tertiary alicyclic amines) is 1. The Hall–Kier alpha value is -4.06. The molecule has 0 bridgehead atoms. The predicted molar refractivity (Wildman–Crippen MR) is 154 cm³/mol. The van der Waals surface area contributed by atoms with Gasteiger partial charge in [0, 0.05) is 36.7 Å². The first-order valence-electron chi connectivity index (χ1n) is 13.4. The van der Waals surface area contributed by atoms with Gasteiger partial charge in [0.25, 0.3) is 0 Å². The Labute approximate surface area is 223 Å². The number of hydrogen-bond donors (Lipinski definition) is 2. The van der Waals surface area contributed by atoms with Crippen LogP contribution in [0.2, 0.25) is 0 Å². The van der Waals surface area contributed by atoms with Crippen molar-refractivity contribution in [2.75, 3.05) is 18.4 Å². The van der Waals surface area contributed by atoms with E-state index in [1.807, 2.05) is 0 Å². The molecule has 1 aliphatic heterocycles. The van der Waals surface area contributed by atoms with E-state index in [4.69, 9.17) is 5.73 Å². The van der Waals surface area contributed by atoms with Crippen molar-refractivity contribution in [2.45, 2.75) is 19.0 Å². The van der Waals surface area contributed by atoms with Crippen molar-refractivity contribution in [2.24, 2.45) is 17.6 Å². The number of hydrogen-bond acceptors (Lipinski definition) is 5. The van der Waals surface area contributed by atoms with Crippen LogP contribution in [-0.4, -0.2) is 34.0 Å². The highest BCUT2D eigenvalue weighted by Gasteiger charge is 2.53. The van der Waals surface area contributed by atoms with Crippen molar-refractivity contribution in [1.29, 1.82) is 0 Å². The zero-order valence-electron chi connectivity index (χ0n) is 21.3. The van der Waals surface area contributed by atoms with E-state index in [9.17, 15) is 0 Å². The lowest BCUT2D eigenvalue weighted by atomic mass is 10.0. The first-order valence-corrected chi connectivity index (χ1v) is 13.4. The van der Waals surface area contributed by atoms with Crippen LogP contribution in [0.4, 0.5) is 11.5 Å². The van der Waals surface area contributed by atoms with E-state index in [0.29, 0.717) is 6.04 Å². The molecular formula is C33H31N5. The first kappa shape index (κ1) is 23.1. The molecule has 0 amide bonds. The fraction of sp³-hybridized carbons (Fsp3) is 0.212. The van der Waals surface area contributed by atoms with Gasteiger partial charge in [0.15, 0.2) is 0 Å². The minimum atomic E-state index is 0.448. The van der Waals surface area contributed by atoms with Crippen LogP contribution in [0.15, 0.2) is 103 Å². The summed E-state index contributed by atoms with van der Waals surface area (Å²) in [6.45, 7) is 3.29. The third kappa shape index (κ3) is 4.67. The molecule has 0 spiro atoms. The van der Waals surface area contributed by atoms with E-state index in [1.165, 1.54) is 22.3 Å². The predicted octanol–water partition coefficient (Wildman–Crippen LogP) is 6.02. The van der Waals surface area contributed by atoms with Crippen molar-refractivity contribution in [3.63, 3.8) is 0 Å². The van der Waals surface area contributed by atoms with E-state index in [-0.39, 0.29) is 0 Å². The van der Waals surface area contributed by atoms with Gasteiger partial charge in [-0.05, 0) is 70.3 Å². The summed E-state index contributed by atoms with van der Waals surface area (Å²) < 4.78 is 0.